The van der Waals surface area contributed by atoms with E-state index in [0.29, 0.717) is 12.1 Å². The summed E-state index contributed by atoms with van der Waals surface area (Å²) in [5.74, 6) is 0.0595. The predicted molar refractivity (Wildman–Crippen MR) is 73.3 cm³/mol. The minimum atomic E-state index is -0.0679. The molecule has 0 spiro atoms. The summed E-state index contributed by atoms with van der Waals surface area (Å²) in [6.45, 7) is 1.40. The highest BCUT2D eigenvalue weighted by atomic mass is 16.2. The molecule has 0 aromatic heterocycles. The number of nitriles is 1. The maximum Gasteiger partial charge on any atom is 0.237 e. The Balaban J connectivity index is 1.87. The Morgan fingerprint density at radius 1 is 1.42 bits per heavy atom. The fraction of sp³-hybridized carbons (Fsp3) is 0.467. The quantitative estimate of drug-likeness (QED) is 0.866. The number of benzene rings is 1. The number of nitrogens with zero attached hydrogens (tertiary/aromatic N) is 1. The Labute approximate surface area is 113 Å². The standard InChI is InChI=1S/C15H19N3O/c16-10-12-5-4-6-13(9-12)11-18-15(19)14-7-2-1-3-8-17-14/h4-6,9,14,17H,1-3,7-8,11H2,(H,18,19). The van der Waals surface area contributed by atoms with Gasteiger partial charge in [-0.25, -0.2) is 0 Å². The van der Waals surface area contributed by atoms with Crippen molar-refractivity contribution in [3.63, 3.8) is 0 Å². The van der Waals surface area contributed by atoms with Crippen molar-refractivity contribution in [2.45, 2.75) is 38.3 Å². The van der Waals surface area contributed by atoms with E-state index in [1.807, 2.05) is 12.1 Å². The van der Waals surface area contributed by atoms with Gasteiger partial charge in [0.25, 0.3) is 0 Å². The fourth-order valence-electron chi connectivity index (χ4n) is 2.32. The van der Waals surface area contributed by atoms with Crippen LogP contribution in [0.1, 0.15) is 36.8 Å². The molecule has 1 aromatic carbocycles. The van der Waals surface area contributed by atoms with Gasteiger partial charge >= 0.3 is 0 Å². The van der Waals surface area contributed by atoms with Crippen molar-refractivity contribution >= 4 is 5.91 Å². The van der Waals surface area contributed by atoms with E-state index in [2.05, 4.69) is 16.7 Å². The Hall–Kier alpha value is -1.86. The van der Waals surface area contributed by atoms with Crippen molar-refractivity contribution in [1.29, 1.82) is 5.26 Å². The highest BCUT2D eigenvalue weighted by Crippen LogP contribution is 2.09. The lowest BCUT2D eigenvalue weighted by molar-refractivity contribution is -0.123. The van der Waals surface area contributed by atoms with Crippen LogP contribution in [-0.2, 0) is 11.3 Å². The van der Waals surface area contributed by atoms with Gasteiger partial charge in [0, 0.05) is 6.54 Å². The van der Waals surface area contributed by atoms with E-state index < -0.39 is 0 Å². The minimum absolute atomic E-state index is 0.0595. The molecular formula is C15H19N3O. The summed E-state index contributed by atoms with van der Waals surface area (Å²) in [6.07, 6.45) is 4.36. The lowest BCUT2D eigenvalue weighted by Crippen LogP contribution is -2.43. The molecule has 1 amide bonds. The lowest BCUT2D eigenvalue weighted by atomic mass is 10.1. The number of rotatable bonds is 3. The smallest absolute Gasteiger partial charge is 0.237 e. The van der Waals surface area contributed by atoms with Gasteiger partial charge in [-0.15, -0.1) is 0 Å². The second kappa shape index (κ2) is 6.91. The van der Waals surface area contributed by atoms with E-state index in [1.165, 1.54) is 6.42 Å². The number of amides is 1. The van der Waals surface area contributed by atoms with Gasteiger partial charge in [-0.2, -0.15) is 5.26 Å². The number of carbonyl (C=O) groups is 1. The van der Waals surface area contributed by atoms with Crippen LogP contribution in [0, 0.1) is 11.3 Å². The largest absolute Gasteiger partial charge is 0.351 e. The molecule has 4 nitrogen and oxygen atoms in total. The molecule has 0 aliphatic carbocycles. The van der Waals surface area contributed by atoms with E-state index >= 15 is 0 Å². The number of hydrogen-bond donors (Lipinski definition) is 2. The van der Waals surface area contributed by atoms with Crippen LogP contribution < -0.4 is 10.6 Å². The summed E-state index contributed by atoms with van der Waals surface area (Å²) < 4.78 is 0. The molecule has 4 heteroatoms. The van der Waals surface area contributed by atoms with Crippen molar-refractivity contribution < 1.29 is 4.79 Å². The zero-order valence-electron chi connectivity index (χ0n) is 11.0. The van der Waals surface area contributed by atoms with Gasteiger partial charge in [-0.3, -0.25) is 4.79 Å². The van der Waals surface area contributed by atoms with Crippen molar-refractivity contribution in [3.05, 3.63) is 35.4 Å². The Morgan fingerprint density at radius 2 is 2.32 bits per heavy atom. The Morgan fingerprint density at radius 3 is 3.16 bits per heavy atom. The van der Waals surface area contributed by atoms with Gasteiger partial charge in [0.05, 0.1) is 17.7 Å². The van der Waals surface area contributed by atoms with Gasteiger partial charge in [0.15, 0.2) is 0 Å². The average molecular weight is 257 g/mol. The molecule has 1 saturated heterocycles. The maximum atomic E-state index is 12.0. The first-order valence-corrected chi connectivity index (χ1v) is 6.80. The molecule has 1 fully saturated rings. The molecule has 1 unspecified atom stereocenters. The number of nitrogens with one attached hydrogen (secondary N) is 2. The van der Waals surface area contributed by atoms with E-state index in [1.54, 1.807) is 12.1 Å². The summed E-state index contributed by atoms with van der Waals surface area (Å²) in [5, 5.41) is 15.0. The van der Waals surface area contributed by atoms with Crippen LogP contribution in [0.25, 0.3) is 0 Å². The van der Waals surface area contributed by atoms with Crippen LogP contribution in [0.2, 0.25) is 0 Å². The summed E-state index contributed by atoms with van der Waals surface area (Å²) in [4.78, 5) is 12.0. The second-order valence-corrected chi connectivity index (χ2v) is 4.89. The number of carbonyl (C=O) groups excluding carboxylic acids is 1. The van der Waals surface area contributed by atoms with Crippen LogP contribution in [0.3, 0.4) is 0 Å². The van der Waals surface area contributed by atoms with Crippen molar-refractivity contribution in [2.24, 2.45) is 0 Å². The first-order chi connectivity index (χ1) is 9.29. The third kappa shape index (κ3) is 4.08. The molecule has 1 aliphatic rings. The second-order valence-electron chi connectivity index (χ2n) is 4.89. The van der Waals surface area contributed by atoms with Gasteiger partial charge in [-0.05, 0) is 37.1 Å². The SMILES string of the molecule is N#Cc1cccc(CNC(=O)C2CCCCCN2)c1. The molecule has 0 bridgehead atoms. The predicted octanol–water partition coefficient (Wildman–Crippen LogP) is 1.71. The lowest BCUT2D eigenvalue weighted by Gasteiger charge is -2.15. The maximum absolute atomic E-state index is 12.0. The first-order valence-electron chi connectivity index (χ1n) is 6.80. The van der Waals surface area contributed by atoms with E-state index in [9.17, 15) is 4.79 Å². The van der Waals surface area contributed by atoms with Gasteiger partial charge in [-0.1, -0.05) is 25.0 Å². The minimum Gasteiger partial charge on any atom is -0.351 e. The molecule has 1 atom stereocenters. The molecular weight excluding hydrogens is 238 g/mol. The molecule has 0 radical (unpaired) electrons. The van der Waals surface area contributed by atoms with Gasteiger partial charge < -0.3 is 10.6 Å². The molecule has 2 N–H and O–H groups in total. The zero-order valence-corrected chi connectivity index (χ0v) is 11.0. The summed E-state index contributed by atoms with van der Waals surface area (Å²) >= 11 is 0. The van der Waals surface area contributed by atoms with Crippen LogP contribution >= 0.6 is 0 Å². The van der Waals surface area contributed by atoms with Crippen LogP contribution in [0.4, 0.5) is 0 Å². The third-order valence-electron chi connectivity index (χ3n) is 3.40. The van der Waals surface area contributed by atoms with Crippen LogP contribution in [0.15, 0.2) is 24.3 Å². The van der Waals surface area contributed by atoms with E-state index in [-0.39, 0.29) is 11.9 Å². The van der Waals surface area contributed by atoms with E-state index in [4.69, 9.17) is 5.26 Å². The topological polar surface area (TPSA) is 64.9 Å². The molecule has 1 aliphatic heterocycles. The molecule has 2 rings (SSSR count). The van der Waals surface area contributed by atoms with Crippen molar-refractivity contribution in [2.75, 3.05) is 6.54 Å². The Bertz CT molecular complexity index is 471. The third-order valence-corrected chi connectivity index (χ3v) is 3.40. The highest BCUT2D eigenvalue weighted by Gasteiger charge is 2.18. The van der Waals surface area contributed by atoms with Crippen LogP contribution in [-0.4, -0.2) is 18.5 Å². The normalized spacial score (nSPS) is 19.2. The molecule has 1 aromatic rings. The van der Waals surface area contributed by atoms with E-state index in [0.717, 1.165) is 31.4 Å². The zero-order chi connectivity index (χ0) is 13.5. The summed E-state index contributed by atoms with van der Waals surface area (Å²) in [5.41, 5.74) is 1.58. The summed E-state index contributed by atoms with van der Waals surface area (Å²) in [6, 6.07) is 9.36. The Kier molecular flexibility index (Phi) is 4.93. The van der Waals surface area contributed by atoms with Crippen molar-refractivity contribution in [1.82, 2.24) is 10.6 Å². The monoisotopic (exact) mass is 257 g/mol. The average Bonchev–Trinajstić information content (AvgIpc) is 2.74. The fourth-order valence-corrected chi connectivity index (χ4v) is 2.32. The van der Waals surface area contributed by atoms with Crippen molar-refractivity contribution in [3.8, 4) is 6.07 Å². The summed E-state index contributed by atoms with van der Waals surface area (Å²) in [7, 11) is 0. The molecule has 0 saturated carbocycles. The van der Waals surface area contributed by atoms with Crippen LogP contribution in [0.5, 0.6) is 0 Å². The molecule has 100 valence electrons. The highest BCUT2D eigenvalue weighted by molar-refractivity contribution is 5.81. The number of hydrogen-bond acceptors (Lipinski definition) is 3. The first kappa shape index (κ1) is 13.6. The van der Waals surface area contributed by atoms with Gasteiger partial charge in [0.2, 0.25) is 5.91 Å². The van der Waals surface area contributed by atoms with Gasteiger partial charge in [0.1, 0.15) is 0 Å². The molecule has 19 heavy (non-hydrogen) atoms. The molecule has 1 heterocycles.